The molecular weight excluding hydrogens is 576 g/mol. The molecule has 0 spiro atoms. The van der Waals surface area contributed by atoms with E-state index in [1.165, 1.54) is 5.57 Å². The molecule has 45 heavy (non-hydrogen) atoms. The van der Waals surface area contributed by atoms with Crippen LogP contribution in [-0.2, 0) is 14.3 Å². The summed E-state index contributed by atoms with van der Waals surface area (Å²) in [5.74, 6) is -0.0763. The van der Waals surface area contributed by atoms with Crippen LogP contribution in [-0.4, -0.2) is 86.6 Å². The number of hydrogen-bond acceptors (Lipinski definition) is 8. The number of rotatable bonds is 5. The Hall–Kier alpha value is -1.07. The van der Waals surface area contributed by atoms with E-state index >= 15 is 0 Å². The largest absolute Gasteiger partial charge is 0.481 e. The van der Waals surface area contributed by atoms with E-state index in [2.05, 4.69) is 47.6 Å². The highest BCUT2D eigenvalue weighted by Gasteiger charge is 2.70. The van der Waals surface area contributed by atoms with Crippen molar-refractivity contribution in [2.24, 2.45) is 50.2 Å². The van der Waals surface area contributed by atoms with Gasteiger partial charge in [0, 0.05) is 5.41 Å². The van der Waals surface area contributed by atoms with Gasteiger partial charge in [-0.15, -0.1) is 0 Å². The van der Waals surface area contributed by atoms with Gasteiger partial charge in [0.2, 0.25) is 0 Å². The Bertz CT molecular complexity index is 1200. The van der Waals surface area contributed by atoms with Crippen LogP contribution in [0.1, 0.15) is 106 Å². The Kier molecular flexibility index (Phi) is 8.25. The van der Waals surface area contributed by atoms with E-state index in [1.807, 2.05) is 0 Å². The predicted octanol–water partition coefficient (Wildman–Crippen LogP) is 4.03. The number of carboxylic acid groups (broad SMARTS) is 1. The summed E-state index contributed by atoms with van der Waals surface area (Å²) in [6, 6.07) is 0. The van der Waals surface area contributed by atoms with Gasteiger partial charge in [0.05, 0.1) is 24.7 Å². The van der Waals surface area contributed by atoms with E-state index in [-0.39, 0.29) is 40.1 Å². The van der Waals surface area contributed by atoms with E-state index in [9.17, 15) is 35.4 Å². The lowest BCUT2D eigenvalue weighted by Crippen LogP contribution is -2.67. The van der Waals surface area contributed by atoms with Crippen LogP contribution in [0, 0.1) is 50.2 Å². The van der Waals surface area contributed by atoms with Crippen LogP contribution in [0.3, 0.4) is 0 Å². The molecule has 1 aliphatic heterocycles. The lowest BCUT2D eigenvalue weighted by atomic mass is 9.33. The molecule has 1 saturated heterocycles. The van der Waals surface area contributed by atoms with E-state index in [1.54, 1.807) is 0 Å². The zero-order valence-electron chi connectivity index (χ0n) is 28.2. The maximum Gasteiger partial charge on any atom is 0.310 e. The summed E-state index contributed by atoms with van der Waals surface area (Å²) in [7, 11) is 0. The smallest absolute Gasteiger partial charge is 0.310 e. The molecule has 9 heteroatoms. The van der Waals surface area contributed by atoms with Crippen LogP contribution in [0.25, 0.3) is 0 Å². The number of aliphatic carboxylic acids is 1. The number of aliphatic hydroxyl groups is 5. The number of aliphatic hydroxyl groups excluding tert-OH is 5. The number of carboxylic acids is 1. The van der Waals surface area contributed by atoms with Crippen molar-refractivity contribution in [3.8, 4) is 0 Å². The number of carbonyl (C=O) groups is 1. The van der Waals surface area contributed by atoms with Gasteiger partial charge in [-0.25, -0.2) is 0 Å². The van der Waals surface area contributed by atoms with E-state index < -0.39 is 60.2 Å². The lowest BCUT2D eigenvalue weighted by molar-refractivity contribution is -0.333. The fraction of sp³-hybridized carbons (Fsp3) is 0.917. The summed E-state index contributed by atoms with van der Waals surface area (Å²) in [6.07, 6.45) is 3.78. The molecule has 0 radical (unpaired) electrons. The van der Waals surface area contributed by atoms with Gasteiger partial charge in [0.25, 0.3) is 0 Å². The van der Waals surface area contributed by atoms with Crippen LogP contribution >= 0.6 is 0 Å². The highest BCUT2D eigenvalue weighted by Crippen LogP contribution is 2.76. The van der Waals surface area contributed by atoms with Gasteiger partial charge in [-0.1, -0.05) is 53.2 Å². The van der Waals surface area contributed by atoms with Crippen molar-refractivity contribution in [1.82, 2.24) is 0 Å². The summed E-state index contributed by atoms with van der Waals surface area (Å²) >= 11 is 0. The molecule has 14 atom stereocenters. The van der Waals surface area contributed by atoms with Crippen molar-refractivity contribution in [3.05, 3.63) is 11.6 Å². The summed E-state index contributed by atoms with van der Waals surface area (Å²) in [5, 5.41) is 62.7. The van der Waals surface area contributed by atoms with Crippen molar-refractivity contribution in [2.45, 2.75) is 143 Å². The fourth-order valence-electron chi connectivity index (χ4n) is 12.2. The molecule has 1 heterocycles. The summed E-state index contributed by atoms with van der Waals surface area (Å²) in [5.41, 5.74) is -0.00794. The highest BCUT2D eigenvalue weighted by molar-refractivity contribution is 5.76. The number of hydrogen-bond donors (Lipinski definition) is 6. The molecule has 0 aromatic heterocycles. The Balaban J connectivity index is 1.31. The lowest BCUT2D eigenvalue weighted by Gasteiger charge is -2.71. The third-order valence-corrected chi connectivity index (χ3v) is 15.3. The van der Waals surface area contributed by atoms with Gasteiger partial charge < -0.3 is 40.1 Å². The molecule has 6 rings (SSSR count). The zero-order valence-corrected chi connectivity index (χ0v) is 28.2. The van der Waals surface area contributed by atoms with Crippen molar-refractivity contribution in [1.29, 1.82) is 0 Å². The number of allylic oxidation sites excluding steroid dienone is 2. The SMILES string of the molecule is CC1(C)CC[C@]2(C(=O)O)CC[C@]3(C)C(=CCC4[C@@]5(C)CC[C@H](O[C@@H]6O[C@H](CO)[C@H](O)[C@H](O)[C@H]6O)[C@@](C)(CO)C5CC[C@]43C)[C@H]2C1. The Morgan fingerprint density at radius 2 is 1.58 bits per heavy atom. The molecular formula is C36H58O9. The average molecular weight is 635 g/mol. The number of ether oxygens (including phenoxy) is 2. The average Bonchev–Trinajstić information content (AvgIpc) is 2.98. The third kappa shape index (κ3) is 4.61. The molecule has 4 saturated carbocycles. The molecule has 0 bridgehead atoms. The van der Waals surface area contributed by atoms with Crippen molar-refractivity contribution < 1.29 is 44.9 Å². The summed E-state index contributed by atoms with van der Waals surface area (Å²) in [6.45, 7) is 13.3. The molecule has 5 aliphatic carbocycles. The fourth-order valence-corrected chi connectivity index (χ4v) is 12.2. The quantitative estimate of drug-likeness (QED) is 0.194. The molecule has 256 valence electrons. The van der Waals surface area contributed by atoms with Crippen LogP contribution < -0.4 is 0 Å². The monoisotopic (exact) mass is 634 g/mol. The molecule has 6 N–H and O–H groups in total. The maximum absolute atomic E-state index is 12.9. The van der Waals surface area contributed by atoms with Gasteiger partial charge in [-0.3, -0.25) is 4.79 Å². The standard InChI is InChI=1S/C36H58O9/c1-31(2)13-15-36(30(42)43)16-14-34(5)20(21(36)17-31)7-8-24-32(3)11-10-25(33(4,19-38)23(32)9-12-35(24,34)6)45-29-28(41)27(40)26(39)22(18-37)44-29/h7,21-29,37-41H,8-19H2,1-6H3,(H,42,43)/t21-,22-,23?,24?,25+,26+,27+,28-,29+,32+,33+,34-,35-,36+/m1/s1. The summed E-state index contributed by atoms with van der Waals surface area (Å²) in [4.78, 5) is 12.9. The molecule has 6 aliphatic rings. The molecule has 0 aromatic carbocycles. The normalized spacial score (nSPS) is 54.1. The Morgan fingerprint density at radius 3 is 2.22 bits per heavy atom. The van der Waals surface area contributed by atoms with E-state index in [4.69, 9.17) is 9.47 Å². The Labute approximate surface area is 268 Å². The van der Waals surface area contributed by atoms with Crippen LogP contribution in [0.2, 0.25) is 0 Å². The minimum Gasteiger partial charge on any atom is -0.481 e. The van der Waals surface area contributed by atoms with Crippen molar-refractivity contribution in [2.75, 3.05) is 13.2 Å². The Morgan fingerprint density at radius 1 is 0.889 bits per heavy atom. The first kappa shape index (κ1) is 33.8. The van der Waals surface area contributed by atoms with Crippen LogP contribution in [0.4, 0.5) is 0 Å². The topological polar surface area (TPSA) is 157 Å². The molecule has 0 amide bonds. The predicted molar refractivity (Wildman–Crippen MR) is 167 cm³/mol. The zero-order chi connectivity index (χ0) is 33.0. The molecule has 9 nitrogen and oxygen atoms in total. The van der Waals surface area contributed by atoms with Gasteiger partial charge >= 0.3 is 5.97 Å². The minimum absolute atomic E-state index is 0.0179. The van der Waals surface area contributed by atoms with Gasteiger partial charge in [-0.2, -0.15) is 0 Å². The van der Waals surface area contributed by atoms with E-state index in [0.29, 0.717) is 12.3 Å². The molecule has 2 unspecified atom stereocenters. The first-order chi connectivity index (χ1) is 20.9. The van der Waals surface area contributed by atoms with Crippen molar-refractivity contribution in [3.63, 3.8) is 0 Å². The van der Waals surface area contributed by atoms with Crippen LogP contribution in [0.5, 0.6) is 0 Å². The second-order valence-electron chi connectivity index (χ2n) is 17.7. The van der Waals surface area contributed by atoms with Gasteiger partial charge in [0.15, 0.2) is 6.29 Å². The second kappa shape index (κ2) is 11.0. The first-order valence-electron chi connectivity index (χ1n) is 17.4. The molecule has 5 fully saturated rings. The minimum atomic E-state index is -1.51. The van der Waals surface area contributed by atoms with Crippen LogP contribution in [0.15, 0.2) is 11.6 Å². The first-order valence-corrected chi connectivity index (χ1v) is 17.4. The highest BCUT2D eigenvalue weighted by atomic mass is 16.7. The van der Waals surface area contributed by atoms with Gasteiger partial charge in [-0.05, 0) is 104 Å². The molecule has 0 aromatic rings. The summed E-state index contributed by atoms with van der Waals surface area (Å²) < 4.78 is 12.1. The number of fused-ring (bicyclic) bond motifs is 7. The van der Waals surface area contributed by atoms with E-state index in [0.717, 1.165) is 57.8 Å². The van der Waals surface area contributed by atoms with Crippen molar-refractivity contribution >= 4 is 5.97 Å². The third-order valence-electron chi connectivity index (χ3n) is 15.3. The maximum atomic E-state index is 12.9. The second-order valence-corrected chi connectivity index (χ2v) is 17.7. The van der Waals surface area contributed by atoms with Gasteiger partial charge in [0.1, 0.15) is 24.4 Å².